The van der Waals surface area contributed by atoms with Crippen LogP contribution in [0.5, 0.6) is 5.75 Å². The maximum absolute atomic E-state index is 6.02. The van der Waals surface area contributed by atoms with E-state index in [-0.39, 0.29) is 5.92 Å². The van der Waals surface area contributed by atoms with E-state index in [4.69, 9.17) is 10.5 Å². The lowest BCUT2D eigenvalue weighted by atomic mass is 10.0. The van der Waals surface area contributed by atoms with E-state index in [1.54, 1.807) is 7.11 Å². The molecule has 4 rings (SSSR count). The van der Waals surface area contributed by atoms with E-state index in [2.05, 4.69) is 20.2 Å². The van der Waals surface area contributed by atoms with Crippen molar-refractivity contribution in [3.8, 4) is 17.0 Å². The number of hydrogen-bond donors (Lipinski definition) is 3. The van der Waals surface area contributed by atoms with Crippen molar-refractivity contribution < 1.29 is 4.74 Å². The monoisotopic (exact) mass is 333 g/mol. The molecule has 0 saturated heterocycles. The number of aromatic nitrogens is 4. The minimum Gasteiger partial charge on any atom is -0.497 e. The summed E-state index contributed by atoms with van der Waals surface area (Å²) in [5.74, 6) is 1.60. The first-order valence-corrected chi connectivity index (χ1v) is 8.13. The lowest BCUT2D eigenvalue weighted by molar-refractivity contribution is 0.415. The summed E-state index contributed by atoms with van der Waals surface area (Å²) >= 11 is 0. The third kappa shape index (κ3) is 2.88. The van der Waals surface area contributed by atoms with Crippen molar-refractivity contribution >= 4 is 11.0 Å². The van der Waals surface area contributed by atoms with Gasteiger partial charge in [-0.1, -0.05) is 12.1 Å². The Kier molecular flexibility index (Phi) is 3.95. The van der Waals surface area contributed by atoms with Crippen molar-refractivity contribution in [3.05, 3.63) is 66.1 Å². The molecule has 1 unspecified atom stereocenters. The van der Waals surface area contributed by atoms with Crippen LogP contribution in [-0.4, -0.2) is 33.8 Å². The topological polar surface area (TPSA) is 92.6 Å². The molecule has 126 valence electrons. The number of methoxy groups -OCH3 is 1. The molecule has 0 bridgehead atoms. The number of H-pyrrole nitrogens is 2. The number of ether oxygens (including phenoxy) is 1. The van der Waals surface area contributed by atoms with Crippen molar-refractivity contribution in [3.63, 3.8) is 0 Å². The number of rotatable bonds is 5. The largest absolute Gasteiger partial charge is 0.497 e. The predicted molar refractivity (Wildman–Crippen MR) is 97.6 cm³/mol. The van der Waals surface area contributed by atoms with E-state index < -0.39 is 0 Å². The standard InChI is InChI=1S/C19H19N5O/c1-25-13-8-6-12(7-9-13)17-10-18(24-23-17)14(11-20)19-21-15-4-2-3-5-16(15)22-19/h2-10,14H,11,20H2,1H3,(H,21,22)(H,23,24). The fourth-order valence-corrected chi connectivity index (χ4v) is 2.95. The molecule has 2 heterocycles. The zero-order chi connectivity index (χ0) is 17.2. The minimum absolute atomic E-state index is 0.0631. The molecule has 4 N–H and O–H groups in total. The maximum Gasteiger partial charge on any atom is 0.118 e. The molecule has 2 aromatic carbocycles. The summed E-state index contributed by atoms with van der Waals surface area (Å²) in [6.07, 6.45) is 0. The molecule has 0 aliphatic rings. The number of nitrogens with two attached hydrogens (primary N) is 1. The van der Waals surface area contributed by atoms with Gasteiger partial charge in [0.25, 0.3) is 0 Å². The van der Waals surface area contributed by atoms with Gasteiger partial charge < -0.3 is 15.5 Å². The molecule has 0 radical (unpaired) electrons. The zero-order valence-corrected chi connectivity index (χ0v) is 13.9. The molecule has 1 atom stereocenters. The fraction of sp³-hybridized carbons (Fsp3) is 0.158. The van der Waals surface area contributed by atoms with Crippen LogP contribution in [0.3, 0.4) is 0 Å². The number of benzene rings is 2. The Hall–Kier alpha value is -3.12. The van der Waals surface area contributed by atoms with Crippen molar-refractivity contribution in [1.29, 1.82) is 0 Å². The van der Waals surface area contributed by atoms with Crippen molar-refractivity contribution in [2.24, 2.45) is 5.73 Å². The van der Waals surface area contributed by atoms with Crippen LogP contribution in [-0.2, 0) is 0 Å². The molecule has 2 aromatic heterocycles. The molecule has 0 spiro atoms. The Morgan fingerprint density at radius 2 is 1.92 bits per heavy atom. The highest BCUT2D eigenvalue weighted by molar-refractivity contribution is 5.75. The molecule has 0 amide bonds. The summed E-state index contributed by atoms with van der Waals surface area (Å²) in [7, 11) is 1.65. The lowest BCUT2D eigenvalue weighted by Gasteiger charge is -2.09. The van der Waals surface area contributed by atoms with Gasteiger partial charge in [0.15, 0.2) is 0 Å². The molecule has 0 saturated carbocycles. The van der Waals surface area contributed by atoms with E-state index in [1.807, 2.05) is 54.6 Å². The SMILES string of the molecule is COc1ccc(-c2cc(C(CN)c3nc4ccccc4[nH]3)[nH]n2)cc1. The van der Waals surface area contributed by atoms with Crippen molar-refractivity contribution in [2.75, 3.05) is 13.7 Å². The van der Waals surface area contributed by atoms with E-state index in [9.17, 15) is 0 Å². The van der Waals surface area contributed by atoms with Crippen LogP contribution in [0.15, 0.2) is 54.6 Å². The third-order valence-electron chi connectivity index (χ3n) is 4.33. The average molecular weight is 333 g/mol. The Morgan fingerprint density at radius 3 is 2.64 bits per heavy atom. The number of aromatic amines is 2. The van der Waals surface area contributed by atoms with Crippen molar-refractivity contribution in [1.82, 2.24) is 20.2 Å². The molecule has 0 aliphatic heterocycles. The van der Waals surface area contributed by atoms with Gasteiger partial charge in [-0.25, -0.2) is 4.98 Å². The number of nitrogens with zero attached hydrogens (tertiary/aromatic N) is 2. The Balaban J connectivity index is 1.66. The number of para-hydroxylation sites is 2. The molecule has 25 heavy (non-hydrogen) atoms. The van der Waals surface area contributed by atoms with Gasteiger partial charge in [0.1, 0.15) is 11.6 Å². The summed E-state index contributed by atoms with van der Waals surface area (Å²) in [5, 5.41) is 7.53. The average Bonchev–Trinajstić information content (AvgIpc) is 3.30. The highest BCUT2D eigenvalue weighted by atomic mass is 16.5. The van der Waals surface area contributed by atoms with E-state index in [0.717, 1.165) is 39.6 Å². The second-order valence-electron chi connectivity index (χ2n) is 5.86. The number of fused-ring (bicyclic) bond motifs is 1. The Morgan fingerprint density at radius 1 is 1.12 bits per heavy atom. The maximum atomic E-state index is 6.02. The summed E-state index contributed by atoms with van der Waals surface area (Å²) < 4.78 is 5.20. The lowest BCUT2D eigenvalue weighted by Crippen LogP contribution is -2.15. The molecule has 6 nitrogen and oxygen atoms in total. The fourth-order valence-electron chi connectivity index (χ4n) is 2.95. The molecule has 0 aliphatic carbocycles. The third-order valence-corrected chi connectivity index (χ3v) is 4.33. The zero-order valence-electron chi connectivity index (χ0n) is 13.9. The van der Waals surface area contributed by atoms with E-state index >= 15 is 0 Å². The normalized spacial score (nSPS) is 12.4. The highest BCUT2D eigenvalue weighted by Crippen LogP contribution is 2.27. The molecule has 0 fully saturated rings. The summed E-state index contributed by atoms with van der Waals surface area (Å²) in [6.45, 7) is 0.435. The van der Waals surface area contributed by atoms with Gasteiger partial charge in [0, 0.05) is 17.8 Å². The Bertz CT molecular complexity index is 953. The van der Waals surface area contributed by atoms with Crippen LogP contribution in [0.25, 0.3) is 22.3 Å². The smallest absolute Gasteiger partial charge is 0.118 e. The van der Waals surface area contributed by atoms with Gasteiger partial charge in [-0.15, -0.1) is 0 Å². The van der Waals surface area contributed by atoms with Crippen LogP contribution >= 0.6 is 0 Å². The van der Waals surface area contributed by atoms with Crippen molar-refractivity contribution in [2.45, 2.75) is 5.92 Å². The second-order valence-corrected chi connectivity index (χ2v) is 5.86. The quantitative estimate of drug-likeness (QED) is 0.523. The number of nitrogens with one attached hydrogen (secondary N) is 2. The number of imidazole rings is 1. The van der Waals surface area contributed by atoms with Crippen LogP contribution in [0.1, 0.15) is 17.4 Å². The first kappa shape index (κ1) is 15.4. The first-order valence-electron chi connectivity index (χ1n) is 8.13. The second kappa shape index (κ2) is 6.41. The van der Waals surface area contributed by atoms with E-state index in [0.29, 0.717) is 6.54 Å². The highest BCUT2D eigenvalue weighted by Gasteiger charge is 2.19. The summed E-state index contributed by atoms with van der Waals surface area (Å²) in [4.78, 5) is 8.02. The van der Waals surface area contributed by atoms with Crippen LogP contribution in [0.2, 0.25) is 0 Å². The van der Waals surface area contributed by atoms with Gasteiger partial charge in [0.2, 0.25) is 0 Å². The van der Waals surface area contributed by atoms with Gasteiger partial charge >= 0.3 is 0 Å². The molecular weight excluding hydrogens is 314 g/mol. The van der Waals surface area contributed by atoms with Crippen LogP contribution in [0, 0.1) is 0 Å². The molecule has 4 aromatic rings. The molecular formula is C19H19N5O. The van der Waals surface area contributed by atoms with Gasteiger partial charge in [-0.2, -0.15) is 5.10 Å². The molecule has 6 heteroatoms. The van der Waals surface area contributed by atoms with Gasteiger partial charge in [0.05, 0.1) is 29.8 Å². The summed E-state index contributed by atoms with van der Waals surface area (Å²) in [5.41, 5.74) is 10.8. The predicted octanol–water partition coefficient (Wildman–Crippen LogP) is 3.05. The van der Waals surface area contributed by atoms with Gasteiger partial charge in [-0.3, -0.25) is 5.10 Å². The van der Waals surface area contributed by atoms with E-state index in [1.165, 1.54) is 0 Å². The van der Waals surface area contributed by atoms with Crippen LogP contribution < -0.4 is 10.5 Å². The Labute approximate surface area is 145 Å². The van der Waals surface area contributed by atoms with Gasteiger partial charge in [-0.05, 0) is 42.5 Å². The minimum atomic E-state index is -0.0631. The van der Waals surface area contributed by atoms with Crippen LogP contribution in [0.4, 0.5) is 0 Å². The first-order chi connectivity index (χ1) is 12.3. The number of hydrogen-bond acceptors (Lipinski definition) is 4. The summed E-state index contributed by atoms with van der Waals surface area (Å²) in [6, 6.07) is 17.8.